The van der Waals surface area contributed by atoms with E-state index < -0.39 is 17.5 Å². The van der Waals surface area contributed by atoms with Gasteiger partial charge in [-0.1, -0.05) is 25.0 Å². The maximum atomic E-state index is 12.6. The lowest BCUT2D eigenvalue weighted by Crippen LogP contribution is -2.37. The summed E-state index contributed by atoms with van der Waals surface area (Å²) in [5.74, 6) is 0. The van der Waals surface area contributed by atoms with Crippen molar-refractivity contribution in [3.8, 4) is 5.69 Å². The summed E-state index contributed by atoms with van der Waals surface area (Å²) in [5, 5.41) is 17.1. The van der Waals surface area contributed by atoms with Gasteiger partial charge in [0.25, 0.3) is 0 Å². The van der Waals surface area contributed by atoms with E-state index in [2.05, 4.69) is 10.4 Å². The van der Waals surface area contributed by atoms with E-state index >= 15 is 0 Å². The Balaban J connectivity index is 1.58. The van der Waals surface area contributed by atoms with Gasteiger partial charge in [0.05, 0.1) is 11.3 Å². The van der Waals surface area contributed by atoms with Crippen molar-refractivity contribution in [3.05, 3.63) is 47.8 Å². The second-order valence-electron chi connectivity index (χ2n) is 6.34. The van der Waals surface area contributed by atoms with E-state index in [1.165, 1.54) is 10.9 Å². The van der Waals surface area contributed by atoms with Crippen molar-refractivity contribution in [2.45, 2.75) is 44.0 Å². The highest BCUT2D eigenvalue weighted by Crippen LogP contribution is 2.29. The number of rotatable bonds is 5. The Bertz CT molecular complexity index is 673. The number of halogens is 3. The Morgan fingerprint density at radius 2 is 1.79 bits per heavy atom. The first-order chi connectivity index (χ1) is 11.4. The summed E-state index contributed by atoms with van der Waals surface area (Å²) in [4.78, 5) is 0. The third-order valence-electron chi connectivity index (χ3n) is 4.40. The van der Waals surface area contributed by atoms with Crippen LogP contribution in [0.25, 0.3) is 5.69 Å². The molecule has 0 radical (unpaired) electrons. The van der Waals surface area contributed by atoms with E-state index in [0.29, 0.717) is 18.8 Å². The van der Waals surface area contributed by atoms with Crippen LogP contribution in [0.5, 0.6) is 0 Å². The standard InChI is InChI=1S/C17H20F3N3O/c18-17(19,20)15-7-10-23(22-15)14-5-3-13(4-6-14)11-21-12-16(24)8-1-2-9-16/h3-7,10,21,24H,1-2,8-9,11-12H2. The maximum absolute atomic E-state index is 12.6. The van der Waals surface area contributed by atoms with Gasteiger partial charge < -0.3 is 10.4 Å². The molecule has 1 aliphatic rings. The van der Waals surface area contributed by atoms with Gasteiger partial charge in [-0.2, -0.15) is 18.3 Å². The van der Waals surface area contributed by atoms with Crippen molar-refractivity contribution in [3.63, 3.8) is 0 Å². The monoisotopic (exact) mass is 339 g/mol. The van der Waals surface area contributed by atoms with Crippen molar-refractivity contribution in [1.29, 1.82) is 0 Å². The van der Waals surface area contributed by atoms with Crippen LogP contribution in [0.15, 0.2) is 36.5 Å². The number of aliphatic hydroxyl groups is 1. The van der Waals surface area contributed by atoms with E-state index in [0.717, 1.165) is 37.3 Å². The van der Waals surface area contributed by atoms with E-state index in [9.17, 15) is 18.3 Å². The predicted octanol–water partition coefficient (Wildman–Crippen LogP) is 3.29. The van der Waals surface area contributed by atoms with Crippen LogP contribution in [0.4, 0.5) is 13.2 Å². The van der Waals surface area contributed by atoms with E-state index in [-0.39, 0.29) is 0 Å². The van der Waals surface area contributed by atoms with E-state index in [4.69, 9.17) is 0 Å². The summed E-state index contributed by atoms with van der Waals surface area (Å²) in [6.07, 6.45) is 0.661. The molecule has 0 saturated heterocycles. The number of nitrogens with zero attached hydrogens (tertiary/aromatic N) is 2. The molecule has 2 N–H and O–H groups in total. The van der Waals surface area contributed by atoms with Crippen molar-refractivity contribution >= 4 is 0 Å². The normalized spacial score (nSPS) is 17.3. The van der Waals surface area contributed by atoms with Gasteiger partial charge in [0.15, 0.2) is 5.69 Å². The van der Waals surface area contributed by atoms with Gasteiger partial charge in [0.1, 0.15) is 0 Å². The third kappa shape index (κ3) is 3.96. The number of hydrogen-bond donors (Lipinski definition) is 2. The first-order valence-electron chi connectivity index (χ1n) is 8.01. The molecule has 0 aliphatic heterocycles. The fourth-order valence-electron chi connectivity index (χ4n) is 3.03. The highest BCUT2D eigenvalue weighted by atomic mass is 19.4. The zero-order chi connectivity index (χ0) is 17.2. The lowest BCUT2D eigenvalue weighted by Gasteiger charge is -2.22. The first-order valence-corrected chi connectivity index (χ1v) is 8.01. The van der Waals surface area contributed by atoms with E-state index in [1.54, 1.807) is 12.1 Å². The molecule has 4 nitrogen and oxygen atoms in total. The lowest BCUT2D eigenvalue weighted by molar-refractivity contribution is -0.141. The summed E-state index contributed by atoms with van der Waals surface area (Å²) in [5.41, 5.74) is 0.0773. The van der Waals surface area contributed by atoms with Crippen LogP contribution in [0.3, 0.4) is 0 Å². The van der Waals surface area contributed by atoms with Crippen LogP contribution >= 0.6 is 0 Å². The Hall–Kier alpha value is -1.86. The molecule has 1 aliphatic carbocycles. The van der Waals surface area contributed by atoms with E-state index in [1.807, 2.05) is 12.1 Å². The summed E-state index contributed by atoms with van der Waals surface area (Å²) < 4.78 is 38.9. The Morgan fingerprint density at radius 3 is 2.38 bits per heavy atom. The van der Waals surface area contributed by atoms with Crippen molar-refractivity contribution < 1.29 is 18.3 Å². The molecule has 0 unspecified atom stereocenters. The minimum atomic E-state index is -4.43. The molecule has 2 aromatic rings. The average molecular weight is 339 g/mol. The fraction of sp³-hybridized carbons (Fsp3) is 0.471. The van der Waals surface area contributed by atoms with Gasteiger partial charge in [0.2, 0.25) is 0 Å². The molecule has 1 aromatic heterocycles. The largest absolute Gasteiger partial charge is 0.435 e. The molecule has 7 heteroatoms. The van der Waals surface area contributed by atoms with Gasteiger partial charge >= 0.3 is 6.18 Å². The van der Waals surface area contributed by atoms with Gasteiger partial charge in [-0.15, -0.1) is 0 Å². The van der Waals surface area contributed by atoms with Crippen LogP contribution in [0.2, 0.25) is 0 Å². The average Bonchev–Trinajstić information content (AvgIpc) is 3.17. The minimum Gasteiger partial charge on any atom is -0.389 e. The van der Waals surface area contributed by atoms with Gasteiger partial charge in [0, 0.05) is 19.3 Å². The number of nitrogens with one attached hydrogen (secondary N) is 1. The highest BCUT2D eigenvalue weighted by Gasteiger charge is 2.33. The molecule has 1 heterocycles. The van der Waals surface area contributed by atoms with Crippen LogP contribution in [-0.2, 0) is 12.7 Å². The minimum absolute atomic E-state index is 0.558. The number of benzene rings is 1. The molecule has 1 aromatic carbocycles. The van der Waals surface area contributed by atoms with Crippen LogP contribution < -0.4 is 5.32 Å². The third-order valence-corrected chi connectivity index (χ3v) is 4.40. The molecule has 0 amide bonds. The zero-order valence-corrected chi connectivity index (χ0v) is 13.2. The van der Waals surface area contributed by atoms with Crippen molar-refractivity contribution in [2.75, 3.05) is 6.54 Å². The molecule has 3 rings (SSSR count). The second kappa shape index (κ2) is 6.57. The molecule has 24 heavy (non-hydrogen) atoms. The van der Waals surface area contributed by atoms with Gasteiger partial charge in [-0.25, -0.2) is 4.68 Å². The summed E-state index contributed by atoms with van der Waals surface area (Å²) >= 11 is 0. The number of alkyl halides is 3. The van der Waals surface area contributed by atoms with Crippen molar-refractivity contribution in [1.82, 2.24) is 15.1 Å². The quantitative estimate of drug-likeness (QED) is 0.879. The molecule has 0 spiro atoms. The highest BCUT2D eigenvalue weighted by molar-refractivity contribution is 5.34. The fourth-order valence-corrected chi connectivity index (χ4v) is 3.03. The smallest absolute Gasteiger partial charge is 0.389 e. The predicted molar refractivity (Wildman–Crippen MR) is 83.7 cm³/mol. The topological polar surface area (TPSA) is 50.1 Å². The first kappa shape index (κ1) is 17.0. The molecule has 0 atom stereocenters. The van der Waals surface area contributed by atoms with Crippen LogP contribution in [0.1, 0.15) is 36.9 Å². The number of hydrogen-bond acceptors (Lipinski definition) is 3. The molecule has 1 saturated carbocycles. The summed E-state index contributed by atoms with van der Waals surface area (Å²) in [7, 11) is 0. The lowest BCUT2D eigenvalue weighted by atomic mass is 10.0. The SMILES string of the molecule is OC1(CNCc2ccc(-n3ccc(C(F)(F)F)n3)cc2)CCCC1. The second-order valence-corrected chi connectivity index (χ2v) is 6.34. The Labute approximate surface area is 138 Å². The molecule has 0 bridgehead atoms. The number of aromatic nitrogens is 2. The summed E-state index contributed by atoms with van der Waals surface area (Å²) in [6.45, 7) is 1.17. The van der Waals surface area contributed by atoms with Gasteiger partial charge in [-0.05, 0) is 36.6 Å². The molecule has 130 valence electrons. The zero-order valence-electron chi connectivity index (χ0n) is 13.2. The molecule has 1 fully saturated rings. The molecular formula is C17H20F3N3O. The maximum Gasteiger partial charge on any atom is 0.435 e. The molecular weight excluding hydrogens is 319 g/mol. The van der Waals surface area contributed by atoms with Crippen LogP contribution in [-0.4, -0.2) is 27.0 Å². The van der Waals surface area contributed by atoms with Gasteiger partial charge in [-0.3, -0.25) is 0 Å². The Kier molecular flexibility index (Phi) is 4.64. The van der Waals surface area contributed by atoms with Crippen molar-refractivity contribution in [2.24, 2.45) is 0 Å². The summed E-state index contributed by atoms with van der Waals surface area (Å²) in [6, 6.07) is 8.10. The van der Waals surface area contributed by atoms with Crippen LogP contribution in [0, 0.1) is 0 Å². The Morgan fingerprint density at radius 1 is 1.12 bits per heavy atom.